The van der Waals surface area contributed by atoms with Crippen molar-refractivity contribution in [2.75, 3.05) is 33.4 Å². The summed E-state index contributed by atoms with van der Waals surface area (Å²) in [5.41, 5.74) is 2.29. The SMILES string of the molecule is COc1ccccc1CN1CCN(Cc2ccc(F)cc2)[C@@H](CCO)C1. The van der Waals surface area contributed by atoms with Crippen LogP contribution in [-0.2, 0) is 13.1 Å². The number of aliphatic hydroxyl groups excluding tert-OH is 1. The molecule has 0 spiro atoms. The van der Waals surface area contributed by atoms with Crippen LogP contribution in [0.5, 0.6) is 5.75 Å². The minimum absolute atomic E-state index is 0.174. The number of aliphatic hydroxyl groups is 1. The number of piperazine rings is 1. The summed E-state index contributed by atoms with van der Waals surface area (Å²) < 4.78 is 18.6. The van der Waals surface area contributed by atoms with Gasteiger partial charge < -0.3 is 9.84 Å². The lowest BCUT2D eigenvalue weighted by Gasteiger charge is -2.41. The van der Waals surface area contributed by atoms with E-state index in [4.69, 9.17) is 4.74 Å². The fourth-order valence-electron chi connectivity index (χ4n) is 3.63. The zero-order valence-corrected chi connectivity index (χ0v) is 15.3. The van der Waals surface area contributed by atoms with Crippen molar-refractivity contribution in [2.45, 2.75) is 25.6 Å². The van der Waals surface area contributed by atoms with Crippen molar-refractivity contribution in [3.05, 3.63) is 65.5 Å². The molecule has 5 heteroatoms. The Bertz CT molecular complexity index is 693. The molecule has 2 aromatic carbocycles. The van der Waals surface area contributed by atoms with E-state index in [1.165, 1.54) is 17.7 Å². The molecule has 26 heavy (non-hydrogen) atoms. The molecule has 1 fully saturated rings. The molecule has 2 aromatic rings. The lowest BCUT2D eigenvalue weighted by atomic mass is 10.1. The van der Waals surface area contributed by atoms with E-state index in [0.717, 1.165) is 50.5 Å². The van der Waals surface area contributed by atoms with Gasteiger partial charge in [-0.05, 0) is 30.2 Å². The maximum Gasteiger partial charge on any atom is 0.123 e. The van der Waals surface area contributed by atoms with Gasteiger partial charge in [-0.25, -0.2) is 4.39 Å². The molecule has 140 valence electrons. The van der Waals surface area contributed by atoms with Crippen LogP contribution in [0.4, 0.5) is 4.39 Å². The Labute approximate surface area is 154 Å². The van der Waals surface area contributed by atoms with Gasteiger partial charge in [-0.2, -0.15) is 0 Å². The van der Waals surface area contributed by atoms with Gasteiger partial charge in [-0.3, -0.25) is 9.80 Å². The van der Waals surface area contributed by atoms with Crippen molar-refractivity contribution in [1.82, 2.24) is 9.80 Å². The number of ether oxygens (including phenoxy) is 1. The number of rotatable bonds is 7. The van der Waals surface area contributed by atoms with Gasteiger partial charge in [-0.15, -0.1) is 0 Å². The summed E-state index contributed by atoms with van der Waals surface area (Å²) in [4.78, 5) is 4.81. The summed E-state index contributed by atoms with van der Waals surface area (Å²) >= 11 is 0. The summed E-state index contributed by atoms with van der Waals surface area (Å²) in [6, 6.07) is 15.1. The van der Waals surface area contributed by atoms with Crippen molar-refractivity contribution in [3.8, 4) is 5.75 Å². The van der Waals surface area contributed by atoms with Crippen LogP contribution in [0, 0.1) is 5.82 Å². The summed E-state index contributed by atoms with van der Waals surface area (Å²) in [7, 11) is 1.70. The molecule has 1 heterocycles. The van der Waals surface area contributed by atoms with Crippen molar-refractivity contribution in [3.63, 3.8) is 0 Å². The first-order valence-electron chi connectivity index (χ1n) is 9.13. The van der Waals surface area contributed by atoms with Crippen molar-refractivity contribution >= 4 is 0 Å². The van der Waals surface area contributed by atoms with E-state index in [9.17, 15) is 9.50 Å². The van der Waals surface area contributed by atoms with Crippen LogP contribution in [0.25, 0.3) is 0 Å². The average Bonchev–Trinajstić information content (AvgIpc) is 2.66. The summed E-state index contributed by atoms with van der Waals surface area (Å²) in [5.74, 6) is 0.710. The lowest BCUT2D eigenvalue weighted by Crippen LogP contribution is -2.52. The number of hydrogen-bond acceptors (Lipinski definition) is 4. The highest BCUT2D eigenvalue weighted by molar-refractivity contribution is 5.33. The Morgan fingerprint density at radius 2 is 1.85 bits per heavy atom. The Morgan fingerprint density at radius 3 is 2.58 bits per heavy atom. The van der Waals surface area contributed by atoms with Crippen LogP contribution < -0.4 is 4.74 Å². The Kier molecular flexibility index (Phi) is 6.61. The second kappa shape index (κ2) is 9.12. The summed E-state index contributed by atoms with van der Waals surface area (Å²) in [6.45, 7) is 4.59. The van der Waals surface area contributed by atoms with Gasteiger partial charge in [0, 0.05) is 50.9 Å². The van der Waals surface area contributed by atoms with Gasteiger partial charge in [0.15, 0.2) is 0 Å². The number of hydrogen-bond donors (Lipinski definition) is 1. The van der Waals surface area contributed by atoms with E-state index in [1.54, 1.807) is 7.11 Å². The van der Waals surface area contributed by atoms with E-state index < -0.39 is 0 Å². The Balaban J connectivity index is 1.64. The van der Waals surface area contributed by atoms with E-state index in [0.29, 0.717) is 0 Å². The number of benzene rings is 2. The number of para-hydroxylation sites is 1. The van der Waals surface area contributed by atoms with E-state index in [2.05, 4.69) is 15.9 Å². The molecule has 0 radical (unpaired) electrons. The lowest BCUT2D eigenvalue weighted by molar-refractivity contribution is 0.0496. The fraction of sp³-hybridized carbons (Fsp3) is 0.429. The Hall–Kier alpha value is -1.95. The third-order valence-electron chi connectivity index (χ3n) is 5.04. The topological polar surface area (TPSA) is 35.9 Å². The molecule has 1 aliphatic heterocycles. The molecule has 0 unspecified atom stereocenters. The predicted molar refractivity (Wildman–Crippen MR) is 101 cm³/mol. The smallest absolute Gasteiger partial charge is 0.123 e. The van der Waals surface area contributed by atoms with Gasteiger partial charge in [0.25, 0.3) is 0 Å². The van der Waals surface area contributed by atoms with Crippen molar-refractivity contribution in [2.24, 2.45) is 0 Å². The van der Waals surface area contributed by atoms with Gasteiger partial charge in [0.1, 0.15) is 11.6 Å². The summed E-state index contributed by atoms with van der Waals surface area (Å²) in [5, 5.41) is 9.48. The zero-order chi connectivity index (χ0) is 18.4. The second-order valence-corrected chi connectivity index (χ2v) is 6.81. The molecule has 0 amide bonds. The molecule has 0 saturated carbocycles. The predicted octanol–water partition coefficient (Wildman–Crippen LogP) is 2.90. The van der Waals surface area contributed by atoms with Crippen LogP contribution in [0.2, 0.25) is 0 Å². The number of methoxy groups -OCH3 is 1. The largest absolute Gasteiger partial charge is 0.496 e. The molecule has 1 aliphatic rings. The van der Waals surface area contributed by atoms with Gasteiger partial charge in [-0.1, -0.05) is 30.3 Å². The van der Waals surface area contributed by atoms with Gasteiger partial charge in [0.05, 0.1) is 7.11 Å². The molecule has 1 N–H and O–H groups in total. The minimum Gasteiger partial charge on any atom is -0.496 e. The zero-order valence-electron chi connectivity index (χ0n) is 15.3. The molecule has 4 nitrogen and oxygen atoms in total. The van der Waals surface area contributed by atoms with E-state index >= 15 is 0 Å². The third-order valence-corrected chi connectivity index (χ3v) is 5.04. The van der Waals surface area contributed by atoms with Crippen LogP contribution >= 0.6 is 0 Å². The maximum atomic E-state index is 13.1. The van der Waals surface area contributed by atoms with Crippen LogP contribution in [0.3, 0.4) is 0 Å². The highest BCUT2D eigenvalue weighted by atomic mass is 19.1. The molecule has 1 atom stereocenters. The fourth-order valence-corrected chi connectivity index (χ4v) is 3.63. The minimum atomic E-state index is -0.206. The van der Waals surface area contributed by atoms with Crippen LogP contribution in [0.15, 0.2) is 48.5 Å². The molecular formula is C21H27FN2O2. The van der Waals surface area contributed by atoms with Crippen molar-refractivity contribution in [1.29, 1.82) is 0 Å². The molecule has 3 rings (SSSR count). The Morgan fingerprint density at radius 1 is 1.08 bits per heavy atom. The first-order chi connectivity index (χ1) is 12.7. The van der Waals surface area contributed by atoms with Gasteiger partial charge in [0.2, 0.25) is 0 Å². The van der Waals surface area contributed by atoms with Crippen LogP contribution in [0.1, 0.15) is 17.5 Å². The normalized spacial score (nSPS) is 18.8. The number of halogens is 1. The average molecular weight is 358 g/mol. The quantitative estimate of drug-likeness (QED) is 0.826. The second-order valence-electron chi connectivity index (χ2n) is 6.81. The summed E-state index contributed by atoms with van der Waals surface area (Å²) in [6.07, 6.45) is 0.740. The van der Waals surface area contributed by atoms with Crippen molar-refractivity contribution < 1.29 is 14.2 Å². The third kappa shape index (κ3) is 4.81. The monoisotopic (exact) mass is 358 g/mol. The molecule has 0 bridgehead atoms. The molecular weight excluding hydrogens is 331 g/mol. The van der Waals surface area contributed by atoms with Crippen LogP contribution in [-0.4, -0.2) is 54.3 Å². The number of nitrogens with zero attached hydrogens (tertiary/aromatic N) is 2. The maximum absolute atomic E-state index is 13.1. The highest BCUT2D eigenvalue weighted by Crippen LogP contribution is 2.23. The molecule has 0 aliphatic carbocycles. The first-order valence-corrected chi connectivity index (χ1v) is 9.13. The first kappa shape index (κ1) is 18.8. The van der Waals surface area contributed by atoms with E-state index in [1.807, 2.05) is 30.3 Å². The van der Waals surface area contributed by atoms with Gasteiger partial charge >= 0.3 is 0 Å². The van der Waals surface area contributed by atoms with E-state index in [-0.39, 0.29) is 18.5 Å². The molecule has 1 saturated heterocycles. The highest BCUT2D eigenvalue weighted by Gasteiger charge is 2.27. The molecule has 0 aromatic heterocycles. The standard InChI is InChI=1S/C21H27FN2O2/c1-26-21-5-3-2-4-18(21)15-23-11-12-24(20(16-23)10-13-25)14-17-6-8-19(22)9-7-17/h2-9,20,25H,10-16H2,1H3/t20-/m0/s1.